The lowest BCUT2D eigenvalue weighted by atomic mass is 10.1. The maximum atomic E-state index is 13.1. The maximum absolute atomic E-state index is 13.1. The predicted molar refractivity (Wildman–Crippen MR) is 131 cm³/mol. The van der Waals surface area contributed by atoms with E-state index in [0.717, 1.165) is 4.68 Å². The lowest BCUT2D eigenvalue weighted by Crippen LogP contribution is -2.35. The fourth-order valence-corrected chi connectivity index (χ4v) is 3.78. The van der Waals surface area contributed by atoms with Gasteiger partial charge in [-0.15, -0.1) is 0 Å². The van der Waals surface area contributed by atoms with Gasteiger partial charge in [0.2, 0.25) is 5.91 Å². The minimum atomic E-state index is -0.620. The number of methoxy groups -OCH3 is 1. The molecule has 0 spiro atoms. The number of nitrogens with one attached hydrogen (secondary N) is 2. The number of hydrogen-bond donors (Lipinski definition) is 2. The Morgan fingerprint density at radius 2 is 1.76 bits per heavy atom. The van der Waals surface area contributed by atoms with Gasteiger partial charge in [0.1, 0.15) is 5.75 Å². The first-order chi connectivity index (χ1) is 16.4. The molecule has 1 aromatic heterocycles. The summed E-state index contributed by atoms with van der Waals surface area (Å²) < 4.78 is 6.24. The largest absolute Gasteiger partial charge is 0.495 e. The molecule has 0 aliphatic heterocycles. The Labute approximate surface area is 204 Å². The van der Waals surface area contributed by atoms with Gasteiger partial charge >= 0.3 is 0 Å². The van der Waals surface area contributed by atoms with Crippen molar-refractivity contribution in [1.29, 1.82) is 0 Å². The molecule has 0 unspecified atom stereocenters. The number of hydrogen-bond acceptors (Lipinski definition) is 5. The number of fused-ring (bicyclic) bond motifs is 1. The molecule has 4 rings (SSSR count). The van der Waals surface area contributed by atoms with Crippen molar-refractivity contribution < 1.29 is 14.3 Å². The molecule has 2 amide bonds. The monoisotopic (exact) mass is 496 g/mol. The summed E-state index contributed by atoms with van der Waals surface area (Å²) in [6, 6.07) is 18.0. The molecular weight excluding hydrogens is 479 g/mol. The van der Waals surface area contributed by atoms with Gasteiger partial charge in [0.25, 0.3) is 11.5 Å². The van der Waals surface area contributed by atoms with Crippen molar-refractivity contribution in [2.24, 2.45) is 0 Å². The lowest BCUT2D eigenvalue weighted by Gasteiger charge is -2.12. The van der Waals surface area contributed by atoms with Gasteiger partial charge in [0, 0.05) is 16.1 Å². The number of nitrogens with zero attached hydrogens (tertiary/aromatic N) is 2. The Kier molecular flexibility index (Phi) is 6.81. The molecule has 172 valence electrons. The summed E-state index contributed by atoms with van der Waals surface area (Å²) >= 11 is 12.1. The average molecular weight is 497 g/mol. The molecule has 34 heavy (non-hydrogen) atoms. The van der Waals surface area contributed by atoms with Crippen LogP contribution in [0.25, 0.3) is 16.5 Å². The zero-order chi connectivity index (χ0) is 24.2. The second-order valence-corrected chi connectivity index (χ2v) is 8.01. The van der Waals surface area contributed by atoms with Crippen LogP contribution in [0.1, 0.15) is 10.5 Å². The zero-order valence-corrected chi connectivity index (χ0v) is 19.4. The van der Waals surface area contributed by atoms with Crippen molar-refractivity contribution in [3.63, 3.8) is 0 Å². The van der Waals surface area contributed by atoms with E-state index in [1.807, 2.05) is 0 Å². The summed E-state index contributed by atoms with van der Waals surface area (Å²) in [6.45, 7) is -0.311. The molecular formula is C24H18Cl2N4O4. The molecule has 1 heterocycles. The number of carbonyl (C=O) groups is 2. The molecule has 0 saturated heterocycles. The van der Waals surface area contributed by atoms with Crippen molar-refractivity contribution in [2.75, 3.05) is 19.0 Å². The average Bonchev–Trinajstić information content (AvgIpc) is 2.83. The van der Waals surface area contributed by atoms with Gasteiger partial charge in [-0.2, -0.15) is 9.78 Å². The van der Waals surface area contributed by atoms with Crippen LogP contribution in [0.5, 0.6) is 5.75 Å². The first-order valence-electron chi connectivity index (χ1n) is 10.1. The SMILES string of the molecule is COc1ccc(-n2nc(C(=O)NCC(=O)Nc3cccc(Cl)c3)c3ccccc3c2=O)cc1Cl. The van der Waals surface area contributed by atoms with Crippen LogP contribution in [0.4, 0.5) is 5.69 Å². The molecule has 0 aliphatic carbocycles. The second kappa shape index (κ2) is 9.94. The smallest absolute Gasteiger partial charge is 0.279 e. The second-order valence-electron chi connectivity index (χ2n) is 7.17. The topological polar surface area (TPSA) is 102 Å². The summed E-state index contributed by atoms with van der Waals surface area (Å²) in [7, 11) is 1.48. The molecule has 4 aromatic rings. The molecule has 10 heteroatoms. The summed E-state index contributed by atoms with van der Waals surface area (Å²) in [4.78, 5) is 38.4. The van der Waals surface area contributed by atoms with E-state index < -0.39 is 17.4 Å². The van der Waals surface area contributed by atoms with Gasteiger partial charge in [-0.25, -0.2) is 0 Å². The quantitative estimate of drug-likeness (QED) is 0.418. The van der Waals surface area contributed by atoms with Crippen molar-refractivity contribution in [3.05, 3.63) is 92.8 Å². The Balaban J connectivity index is 1.64. The molecule has 0 fully saturated rings. The summed E-state index contributed by atoms with van der Waals surface area (Å²) in [5.74, 6) is -0.635. The van der Waals surface area contributed by atoms with E-state index in [1.165, 1.54) is 13.2 Å². The lowest BCUT2D eigenvalue weighted by molar-refractivity contribution is -0.115. The van der Waals surface area contributed by atoms with Gasteiger partial charge in [0.15, 0.2) is 5.69 Å². The van der Waals surface area contributed by atoms with Crippen LogP contribution in [-0.2, 0) is 4.79 Å². The van der Waals surface area contributed by atoms with Crippen LogP contribution in [-0.4, -0.2) is 35.2 Å². The summed E-state index contributed by atoms with van der Waals surface area (Å²) in [5.41, 5.74) is 0.416. The van der Waals surface area contributed by atoms with Gasteiger partial charge in [-0.1, -0.05) is 47.5 Å². The van der Waals surface area contributed by atoms with E-state index >= 15 is 0 Å². The van der Waals surface area contributed by atoms with Gasteiger partial charge in [0.05, 0.1) is 29.8 Å². The number of carbonyl (C=O) groups excluding carboxylic acids is 2. The normalized spacial score (nSPS) is 10.7. The van der Waals surface area contributed by atoms with E-state index in [0.29, 0.717) is 27.5 Å². The van der Waals surface area contributed by atoms with Crippen LogP contribution in [0.2, 0.25) is 10.0 Å². The van der Waals surface area contributed by atoms with Gasteiger partial charge in [-0.3, -0.25) is 14.4 Å². The number of ether oxygens (including phenoxy) is 1. The van der Waals surface area contributed by atoms with E-state index in [4.69, 9.17) is 27.9 Å². The van der Waals surface area contributed by atoms with Gasteiger partial charge < -0.3 is 15.4 Å². The Morgan fingerprint density at radius 3 is 2.47 bits per heavy atom. The molecule has 0 saturated carbocycles. The minimum absolute atomic E-state index is 0.0160. The number of aromatic nitrogens is 2. The Hall–Kier alpha value is -3.88. The van der Waals surface area contributed by atoms with Crippen molar-refractivity contribution in [1.82, 2.24) is 15.1 Å². The van der Waals surface area contributed by atoms with E-state index in [9.17, 15) is 14.4 Å². The van der Waals surface area contributed by atoms with Gasteiger partial charge in [-0.05, 0) is 42.5 Å². The van der Waals surface area contributed by atoms with Crippen LogP contribution < -0.4 is 20.9 Å². The molecule has 0 atom stereocenters. The Bertz CT molecular complexity index is 1470. The highest BCUT2D eigenvalue weighted by atomic mass is 35.5. The number of rotatable bonds is 6. The first kappa shape index (κ1) is 23.3. The highest BCUT2D eigenvalue weighted by Crippen LogP contribution is 2.26. The minimum Gasteiger partial charge on any atom is -0.495 e. The molecule has 2 N–H and O–H groups in total. The van der Waals surface area contributed by atoms with E-state index in [-0.39, 0.29) is 22.6 Å². The van der Waals surface area contributed by atoms with Crippen molar-refractivity contribution in [2.45, 2.75) is 0 Å². The van der Waals surface area contributed by atoms with Crippen LogP contribution in [0.15, 0.2) is 71.5 Å². The number of halogens is 2. The highest BCUT2D eigenvalue weighted by molar-refractivity contribution is 6.32. The molecule has 0 radical (unpaired) electrons. The Morgan fingerprint density at radius 1 is 1.00 bits per heavy atom. The zero-order valence-electron chi connectivity index (χ0n) is 17.8. The van der Waals surface area contributed by atoms with E-state index in [2.05, 4.69) is 15.7 Å². The number of amides is 2. The third-order valence-corrected chi connectivity index (χ3v) is 5.45. The standard InChI is InChI=1S/C24H18Cl2N4O4/c1-34-20-10-9-16(12-19(20)26)30-24(33)18-8-3-2-7-17(18)22(29-30)23(32)27-13-21(31)28-15-6-4-5-14(25)11-15/h2-12H,13H2,1H3,(H,27,32)(H,28,31). The molecule has 0 aliphatic rings. The number of benzene rings is 3. The number of anilines is 1. The van der Waals surface area contributed by atoms with Crippen LogP contribution in [0.3, 0.4) is 0 Å². The van der Waals surface area contributed by atoms with Crippen LogP contribution >= 0.6 is 23.2 Å². The van der Waals surface area contributed by atoms with Crippen molar-refractivity contribution in [3.8, 4) is 11.4 Å². The molecule has 8 nitrogen and oxygen atoms in total. The molecule has 3 aromatic carbocycles. The predicted octanol–water partition coefficient (Wildman–Crippen LogP) is 4.07. The van der Waals surface area contributed by atoms with Crippen molar-refractivity contribution >= 4 is 51.5 Å². The maximum Gasteiger partial charge on any atom is 0.279 e. The first-order valence-corrected chi connectivity index (χ1v) is 10.8. The third-order valence-electron chi connectivity index (χ3n) is 4.92. The van der Waals surface area contributed by atoms with E-state index in [1.54, 1.807) is 60.7 Å². The fraction of sp³-hybridized carbons (Fsp3) is 0.0833. The molecule has 0 bridgehead atoms. The third kappa shape index (κ3) is 4.88. The van der Waals surface area contributed by atoms with Crippen LogP contribution in [0, 0.1) is 0 Å². The highest BCUT2D eigenvalue weighted by Gasteiger charge is 2.18. The fourth-order valence-electron chi connectivity index (χ4n) is 3.33. The summed E-state index contributed by atoms with van der Waals surface area (Å²) in [5, 5.41) is 10.9. The summed E-state index contributed by atoms with van der Waals surface area (Å²) in [6.07, 6.45) is 0.